The number of halogens is 1. The summed E-state index contributed by atoms with van der Waals surface area (Å²) in [5, 5.41) is 7.95. The number of ether oxygens (including phenoxy) is 1. The summed E-state index contributed by atoms with van der Waals surface area (Å²) >= 11 is 0. The summed E-state index contributed by atoms with van der Waals surface area (Å²) in [6, 6.07) is 9.67. The van der Waals surface area contributed by atoms with E-state index in [1.807, 2.05) is 19.1 Å². The highest BCUT2D eigenvalue weighted by Crippen LogP contribution is 2.26. The van der Waals surface area contributed by atoms with E-state index in [9.17, 15) is 9.18 Å². The number of imidazole rings is 1. The molecule has 0 unspecified atom stereocenters. The molecule has 0 radical (unpaired) electrons. The van der Waals surface area contributed by atoms with Crippen molar-refractivity contribution in [3.05, 3.63) is 59.7 Å². The van der Waals surface area contributed by atoms with Gasteiger partial charge in [-0.2, -0.15) is 0 Å². The zero-order valence-corrected chi connectivity index (χ0v) is 13.2. The molecule has 0 amide bonds. The Labute approximate surface area is 137 Å². The van der Waals surface area contributed by atoms with Crippen molar-refractivity contribution in [1.29, 1.82) is 0 Å². The minimum absolute atomic E-state index is 0.0440. The van der Waals surface area contributed by atoms with Gasteiger partial charge in [0.15, 0.2) is 17.3 Å². The standard InChI is InChI=1S/C17H15FN4O2/c1-3-24-17(23)15-16(21-20-13-7-5-4-6-12(13)18)22-9-8-11(2)10-14(22)19-15/h4-10H,3H2,1-2H3. The average molecular weight is 326 g/mol. The lowest BCUT2D eigenvalue weighted by atomic mass is 10.3. The molecule has 0 aliphatic heterocycles. The van der Waals surface area contributed by atoms with Crippen LogP contribution in [0.25, 0.3) is 5.65 Å². The molecule has 0 N–H and O–H groups in total. The van der Waals surface area contributed by atoms with Gasteiger partial charge in [-0.1, -0.05) is 12.1 Å². The Morgan fingerprint density at radius 3 is 2.83 bits per heavy atom. The first-order valence-electron chi connectivity index (χ1n) is 7.42. The quantitative estimate of drug-likeness (QED) is 0.528. The van der Waals surface area contributed by atoms with Gasteiger partial charge in [0, 0.05) is 6.20 Å². The van der Waals surface area contributed by atoms with Crippen LogP contribution >= 0.6 is 0 Å². The lowest BCUT2D eigenvalue weighted by Crippen LogP contribution is -2.05. The normalized spacial score (nSPS) is 11.3. The predicted octanol–water partition coefficient (Wildman–Crippen LogP) is 4.37. The fraction of sp³-hybridized carbons (Fsp3) is 0.176. The van der Waals surface area contributed by atoms with Gasteiger partial charge >= 0.3 is 5.97 Å². The van der Waals surface area contributed by atoms with Crippen LogP contribution in [0, 0.1) is 12.7 Å². The lowest BCUT2D eigenvalue weighted by molar-refractivity contribution is 0.0521. The van der Waals surface area contributed by atoms with Crippen molar-refractivity contribution in [3.8, 4) is 0 Å². The molecule has 6 nitrogen and oxygen atoms in total. The molecule has 122 valence electrons. The van der Waals surface area contributed by atoms with Gasteiger partial charge in [-0.15, -0.1) is 10.2 Å². The van der Waals surface area contributed by atoms with Gasteiger partial charge in [-0.05, 0) is 43.7 Å². The largest absolute Gasteiger partial charge is 0.461 e. The Balaban J connectivity index is 2.12. The third kappa shape index (κ3) is 3.01. The van der Waals surface area contributed by atoms with Crippen LogP contribution in [0.3, 0.4) is 0 Å². The summed E-state index contributed by atoms with van der Waals surface area (Å²) in [4.78, 5) is 16.4. The molecule has 0 saturated heterocycles. The van der Waals surface area contributed by atoms with E-state index in [-0.39, 0.29) is 23.8 Å². The van der Waals surface area contributed by atoms with Crippen molar-refractivity contribution in [1.82, 2.24) is 9.38 Å². The van der Waals surface area contributed by atoms with E-state index in [0.29, 0.717) is 5.65 Å². The Kier molecular flexibility index (Phi) is 4.33. The summed E-state index contributed by atoms with van der Waals surface area (Å²) < 4.78 is 20.3. The summed E-state index contributed by atoms with van der Waals surface area (Å²) in [7, 11) is 0. The predicted molar refractivity (Wildman–Crippen MR) is 86.5 cm³/mol. The maximum absolute atomic E-state index is 13.7. The van der Waals surface area contributed by atoms with Gasteiger partial charge in [0.05, 0.1) is 6.61 Å². The zero-order chi connectivity index (χ0) is 17.1. The third-order valence-corrected chi connectivity index (χ3v) is 3.33. The van der Waals surface area contributed by atoms with E-state index in [1.54, 1.807) is 29.7 Å². The fourth-order valence-corrected chi connectivity index (χ4v) is 2.20. The summed E-state index contributed by atoms with van der Waals surface area (Å²) in [5.74, 6) is -0.892. The zero-order valence-electron chi connectivity index (χ0n) is 13.2. The van der Waals surface area contributed by atoms with Crippen LogP contribution in [0.5, 0.6) is 0 Å². The maximum Gasteiger partial charge on any atom is 0.360 e. The van der Waals surface area contributed by atoms with Crippen molar-refractivity contribution in [2.24, 2.45) is 10.2 Å². The molecule has 0 aliphatic rings. The van der Waals surface area contributed by atoms with E-state index >= 15 is 0 Å². The Morgan fingerprint density at radius 2 is 2.08 bits per heavy atom. The monoisotopic (exact) mass is 326 g/mol. The van der Waals surface area contributed by atoms with E-state index < -0.39 is 11.8 Å². The SMILES string of the molecule is CCOC(=O)c1nc2cc(C)ccn2c1N=Nc1ccccc1F. The molecule has 0 atom stereocenters. The molecule has 0 saturated carbocycles. The van der Waals surface area contributed by atoms with Gasteiger partial charge in [0.25, 0.3) is 0 Å². The third-order valence-electron chi connectivity index (χ3n) is 3.33. The second-order valence-electron chi connectivity index (χ2n) is 5.09. The topological polar surface area (TPSA) is 68.3 Å². The van der Waals surface area contributed by atoms with Crippen LogP contribution in [-0.2, 0) is 4.74 Å². The number of carbonyl (C=O) groups excluding carboxylic acids is 1. The van der Waals surface area contributed by atoms with Crippen LogP contribution < -0.4 is 0 Å². The van der Waals surface area contributed by atoms with E-state index in [2.05, 4.69) is 15.2 Å². The summed E-state index contributed by atoms with van der Waals surface area (Å²) in [6.45, 7) is 3.84. The maximum atomic E-state index is 13.7. The van der Waals surface area contributed by atoms with Crippen LogP contribution in [0.2, 0.25) is 0 Å². The number of benzene rings is 1. The first kappa shape index (κ1) is 15.8. The van der Waals surface area contributed by atoms with Gasteiger partial charge in [-0.3, -0.25) is 4.40 Å². The second kappa shape index (κ2) is 6.57. The lowest BCUT2D eigenvalue weighted by Gasteiger charge is -2.00. The van der Waals surface area contributed by atoms with Gasteiger partial charge in [0.2, 0.25) is 0 Å². The molecule has 2 aromatic heterocycles. The van der Waals surface area contributed by atoms with E-state index in [0.717, 1.165) is 5.56 Å². The number of fused-ring (bicyclic) bond motifs is 1. The Hall–Kier alpha value is -3.09. The molecular formula is C17H15FN4O2. The number of aromatic nitrogens is 2. The first-order valence-corrected chi connectivity index (χ1v) is 7.42. The minimum atomic E-state index is -0.596. The van der Waals surface area contributed by atoms with Crippen molar-refractivity contribution >= 4 is 23.1 Å². The molecule has 2 heterocycles. The highest BCUT2D eigenvalue weighted by molar-refractivity contribution is 5.93. The Bertz CT molecular complexity index is 933. The molecule has 1 aromatic carbocycles. The first-order chi connectivity index (χ1) is 11.6. The minimum Gasteiger partial charge on any atom is -0.461 e. The fourth-order valence-electron chi connectivity index (χ4n) is 2.20. The number of esters is 1. The van der Waals surface area contributed by atoms with Gasteiger partial charge in [-0.25, -0.2) is 14.2 Å². The number of azo groups is 1. The van der Waals surface area contributed by atoms with E-state index in [4.69, 9.17) is 4.74 Å². The highest BCUT2D eigenvalue weighted by Gasteiger charge is 2.20. The molecule has 3 aromatic rings. The molecule has 0 fully saturated rings. The summed E-state index contributed by atoms with van der Waals surface area (Å²) in [5.41, 5.74) is 1.65. The number of hydrogen-bond acceptors (Lipinski definition) is 5. The molecule has 0 aliphatic carbocycles. The molecule has 0 spiro atoms. The summed E-state index contributed by atoms with van der Waals surface area (Å²) in [6.07, 6.45) is 1.73. The molecule has 0 bridgehead atoms. The van der Waals surface area contributed by atoms with Crippen molar-refractivity contribution < 1.29 is 13.9 Å². The van der Waals surface area contributed by atoms with Crippen LogP contribution in [-0.4, -0.2) is 22.0 Å². The number of nitrogens with zero attached hydrogens (tertiary/aromatic N) is 4. The van der Waals surface area contributed by atoms with Crippen molar-refractivity contribution in [2.75, 3.05) is 6.61 Å². The van der Waals surface area contributed by atoms with Crippen molar-refractivity contribution in [2.45, 2.75) is 13.8 Å². The van der Waals surface area contributed by atoms with Gasteiger partial charge < -0.3 is 4.74 Å². The van der Waals surface area contributed by atoms with Crippen LogP contribution in [0.1, 0.15) is 23.0 Å². The van der Waals surface area contributed by atoms with Crippen LogP contribution in [0.4, 0.5) is 15.9 Å². The number of hydrogen-bond donors (Lipinski definition) is 0. The molecule has 24 heavy (non-hydrogen) atoms. The molecular weight excluding hydrogens is 311 g/mol. The molecule has 7 heteroatoms. The smallest absolute Gasteiger partial charge is 0.360 e. The van der Waals surface area contributed by atoms with E-state index in [1.165, 1.54) is 12.1 Å². The second-order valence-corrected chi connectivity index (χ2v) is 5.09. The highest BCUT2D eigenvalue weighted by atomic mass is 19.1. The Morgan fingerprint density at radius 1 is 1.29 bits per heavy atom. The average Bonchev–Trinajstić information content (AvgIpc) is 2.92. The van der Waals surface area contributed by atoms with Crippen LogP contribution in [0.15, 0.2) is 52.8 Å². The number of rotatable bonds is 4. The van der Waals surface area contributed by atoms with Gasteiger partial charge in [0.1, 0.15) is 11.3 Å². The number of carbonyl (C=O) groups is 1. The number of pyridine rings is 1. The number of aryl methyl sites for hydroxylation is 1. The van der Waals surface area contributed by atoms with Crippen molar-refractivity contribution in [3.63, 3.8) is 0 Å². The molecule has 3 rings (SSSR count).